The highest BCUT2D eigenvalue weighted by Crippen LogP contribution is 2.32. The Morgan fingerprint density at radius 2 is 2.11 bits per heavy atom. The zero-order chi connectivity index (χ0) is 12.8. The summed E-state index contributed by atoms with van der Waals surface area (Å²) in [6.07, 6.45) is 3.46. The van der Waals surface area contributed by atoms with Crippen molar-refractivity contribution in [3.05, 3.63) is 34.3 Å². The lowest BCUT2D eigenvalue weighted by Crippen LogP contribution is -2.37. The Bertz CT molecular complexity index is 357. The number of halogens is 1. The zero-order valence-electron chi connectivity index (χ0n) is 11.0. The predicted molar refractivity (Wildman–Crippen MR) is 78.9 cm³/mol. The normalized spacial score (nSPS) is 23.4. The predicted octanol–water partition coefficient (Wildman–Crippen LogP) is 3.40. The average Bonchev–Trinajstić information content (AvgIpc) is 2.82. The molecule has 18 heavy (non-hydrogen) atoms. The Hall–Kier alpha value is -0.380. The van der Waals surface area contributed by atoms with Gasteiger partial charge in [-0.15, -0.1) is 0 Å². The van der Waals surface area contributed by atoms with E-state index < -0.39 is 0 Å². The second-order valence-electron chi connectivity index (χ2n) is 5.28. The van der Waals surface area contributed by atoms with Crippen molar-refractivity contribution >= 4 is 15.9 Å². The highest BCUT2D eigenvalue weighted by Gasteiger charge is 2.34. The summed E-state index contributed by atoms with van der Waals surface area (Å²) in [4.78, 5) is 0. The first-order chi connectivity index (χ1) is 8.74. The van der Waals surface area contributed by atoms with E-state index in [0.717, 1.165) is 37.2 Å². The van der Waals surface area contributed by atoms with Gasteiger partial charge in [0.2, 0.25) is 0 Å². The maximum absolute atomic E-state index is 5.64. The fourth-order valence-electron chi connectivity index (χ4n) is 2.56. The van der Waals surface area contributed by atoms with Gasteiger partial charge in [0.05, 0.1) is 6.61 Å². The second-order valence-corrected chi connectivity index (χ2v) is 6.20. The summed E-state index contributed by atoms with van der Waals surface area (Å²) in [5, 5.41) is 3.56. The lowest BCUT2D eigenvalue weighted by Gasteiger charge is -2.28. The molecule has 0 amide bonds. The quantitative estimate of drug-likeness (QED) is 0.813. The van der Waals surface area contributed by atoms with Gasteiger partial charge < -0.3 is 10.1 Å². The maximum Gasteiger partial charge on any atom is 0.0538 e. The molecular formula is C15H22BrNO. The van der Waals surface area contributed by atoms with Crippen LogP contribution in [0.15, 0.2) is 28.7 Å². The summed E-state index contributed by atoms with van der Waals surface area (Å²) >= 11 is 3.49. The van der Waals surface area contributed by atoms with Gasteiger partial charge in [0.1, 0.15) is 0 Å². The Kier molecular flexibility index (Phi) is 5.22. The van der Waals surface area contributed by atoms with Crippen molar-refractivity contribution in [2.75, 3.05) is 26.3 Å². The molecule has 1 fully saturated rings. The SMILES string of the molecule is CCCNCC1(Cc2ccc(Br)cc2)CCOC1. The van der Waals surface area contributed by atoms with E-state index in [1.807, 2.05) is 0 Å². The lowest BCUT2D eigenvalue weighted by molar-refractivity contribution is 0.149. The summed E-state index contributed by atoms with van der Waals surface area (Å²) in [6, 6.07) is 8.67. The van der Waals surface area contributed by atoms with Crippen LogP contribution in [0.2, 0.25) is 0 Å². The van der Waals surface area contributed by atoms with E-state index in [9.17, 15) is 0 Å². The molecule has 1 aromatic carbocycles. The molecule has 0 saturated carbocycles. The number of hydrogen-bond donors (Lipinski definition) is 1. The van der Waals surface area contributed by atoms with Crippen molar-refractivity contribution in [2.45, 2.75) is 26.2 Å². The molecule has 0 bridgehead atoms. The van der Waals surface area contributed by atoms with Crippen molar-refractivity contribution < 1.29 is 4.74 Å². The first kappa shape index (κ1) is 14.0. The molecule has 100 valence electrons. The molecule has 0 radical (unpaired) electrons. The van der Waals surface area contributed by atoms with E-state index in [1.165, 1.54) is 18.4 Å². The second kappa shape index (κ2) is 6.69. The van der Waals surface area contributed by atoms with Crippen LogP contribution in [0.5, 0.6) is 0 Å². The van der Waals surface area contributed by atoms with E-state index >= 15 is 0 Å². The third-order valence-electron chi connectivity index (χ3n) is 3.60. The van der Waals surface area contributed by atoms with Crippen LogP contribution in [-0.2, 0) is 11.2 Å². The van der Waals surface area contributed by atoms with E-state index in [-0.39, 0.29) is 0 Å². The third-order valence-corrected chi connectivity index (χ3v) is 4.13. The fourth-order valence-corrected chi connectivity index (χ4v) is 2.82. The first-order valence-corrected chi connectivity index (χ1v) is 7.56. The molecule has 0 aromatic heterocycles. The molecular weight excluding hydrogens is 290 g/mol. The Morgan fingerprint density at radius 1 is 1.33 bits per heavy atom. The monoisotopic (exact) mass is 311 g/mol. The Labute approximate surface area is 118 Å². The van der Waals surface area contributed by atoms with Gasteiger partial charge in [-0.3, -0.25) is 0 Å². The summed E-state index contributed by atoms with van der Waals surface area (Å²) in [5.74, 6) is 0. The van der Waals surface area contributed by atoms with Crippen molar-refractivity contribution in [1.29, 1.82) is 0 Å². The van der Waals surface area contributed by atoms with Gasteiger partial charge in [0.25, 0.3) is 0 Å². The zero-order valence-corrected chi connectivity index (χ0v) is 12.6. The van der Waals surface area contributed by atoms with Gasteiger partial charge in [0.15, 0.2) is 0 Å². The molecule has 1 saturated heterocycles. The van der Waals surface area contributed by atoms with Crippen LogP contribution in [0.1, 0.15) is 25.3 Å². The van der Waals surface area contributed by atoms with Gasteiger partial charge in [-0.05, 0) is 43.5 Å². The van der Waals surface area contributed by atoms with Gasteiger partial charge in [-0.25, -0.2) is 0 Å². The average molecular weight is 312 g/mol. The van der Waals surface area contributed by atoms with Crippen LogP contribution in [0, 0.1) is 5.41 Å². The summed E-state index contributed by atoms with van der Waals surface area (Å²) in [7, 11) is 0. The first-order valence-electron chi connectivity index (χ1n) is 6.77. The number of nitrogens with one attached hydrogen (secondary N) is 1. The van der Waals surface area contributed by atoms with Gasteiger partial charge in [0, 0.05) is 23.0 Å². The molecule has 3 heteroatoms. The summed E-state index contributed by atoms with van der Waals surface area (Å²) in [6.45, 7) is 6.17. The molecule has 2 rings (SSSR count). The smallest absolute Gasteiger partial charge is 0.0538 e. The minimum atomic E-state index is 0.295. The van der Waals surface area contributed by atoms with Crippen LogP contribution >= 0.6 is 15.9 Å². The Morgan fingerprint density at radius 3 is 2.72 bits per heavy atom. The molecule has 1 heterocycles. The molecule has 0 aliphatic carbocycles. The molecule has 1 N–H and O–H groups in total. The third kappa shape index (κ3) is 3.81. The van der Waals surface area contributed by atoms with Crippen molar-refractivity contribution in [3.63, 3.8) is 0 Å². The molecule has 1 unspecified atom stereocenters. The molecule has 1 atom stereocenters. The van der Waals surface area contributed by atoms with Crippen LogP contribution in [-0.4, -0.2) is 26.3 Å². The van der Waals surface area contributed by atoms with Crippen LogP contribution in [0.25, 0.3) is 0 Å². The number of rotatable bonds is 6. The van der Waals surface area contributed by atoms with E-state index in [1.54, 1.807) is 0 Å². The topological polar surface area (TPSA) is 21.3 Å². The van der Waals surface area contributed by atoms with Gasteiger partial charge >= 0.3 is 0 Å². The Balaban J connectivity index is 1.99. The highest BCUT2D eigenvalue weighted by molar-refractivity contribution is 9.10. The molecule has 1 aliphatic heterocycles. The number of hydrogen-bond acceptors (Lipinski definition) is 2. The number of benzene rings is 1. The maximum atomic E-state index is 5.64. The summed E-state index contributed by atoms with van der Waals surface area (Å²) < 4.78 is 6.78. The minimum absolute atomic E-state index is 0.295. The number of ether oxygens (including phenoxy) is 1. The van der Waals surface area contributed by atoms with E-state index in [0.29, 0.717) is 5.41 Å². The van der Waals surface area contributed by atoms with Gasteiger partial charge in [-0.2, -0.15) is 0 Å². The minimum Gasteiger partial charge on any atom is -0.381 e. The van der Waals surface area contributed by atoms with E-state index in [2.05, 4.69) is 52.4 Å². The highest BCUT2D eigenvalue weighted by atomic mass is 79.9. The molecule has 1 aromatic rings. The van der Waals surface area contributed by atoms with Crippen molar-refractivity contribution in [1.82, 2.24) is 5.32 Å². The summed E-state index contributed by atoms with van der Waals surface area (Å²) in [5.41, 5.74) is 1.70. The van der Waals surface area contributed by atoms with Crippen LogP contribution in [0.3, 0.4) is 0 Å². The van der Waals surface area contributed by atoms with Crippen molar-refractivity contribution in [3.8, 4) is 0 Å². The standard InChI is InChI=1S/C15H22BrNO/c1-2-8-17-11-15(7-9-18-12-15)10-13-3-5-14(16)6-4-13/h3-6,17H,2,7-12H2,1H3. The largest absolute Gasteiger partial charge is 0.381 e. The van der Waals surface area contributed by atoms with Gasteiger partial charge in [-0.1, -0.05) is 35.0 Å². The van der Waals surface area contributed by atoms with E-state index in [4.69, 9.17) is 4.74 Å². The van der Waals surface area contributed by atoms with Crippen LogP contribution in [0.4, 0.5) is 0 Å². The van der Waals surface area contributed by atoms with Crippen LogP contribution < -0.4 is 5.32 Å². The lowest BCUT2D eigenvalue weighted by atomic mass is 9.81. The molecule has 0 spiro atoms. The molecule has 2 nitrogen and oxygen atoms in total. The van der Waals surface area contributed by atoms with Crippen molar-refractivity contribution in [2.24, 2.45) is 5.41 Å². The molecule has 1 aliphatic rings. The fraction of sp³-hybridized carbons (Fsp3) is 0.600.